The molecule has 0 spiro atoms. The number of fused-ring (bicyclic) bond motifs is 1. The topological polar surface area (TPSA) is 89.4 Å². The zero-order chi connectivity index (χ0) is 10.3. The van der Waals surface area contributed by atoms with Crippen molar-refractivity contribution in [1.82, 2.24) is 4.98 Å². The fraction of sp³-hybridized carbons (Fsp3) is 0.111. The highest BCUT2D eigenvalue weighted by molar-refractivity contribution is 6.03. The molecule has 0 radical (unpaired) electrons. The number of carboxylic acid groups (broad SMARTS) is 1. The third kappa shape index (κ3) is 1.02. The highest BCUT2D eigenvalue weighted by Gasteiger charge is 2.17. The monoisotopic (exact) mass is 192 g/mol. The smallest absolute Gasteiger partial charge is 0.339 e. The van der Waals surface area contributed by atoms with Crippen LogP contribution < -0.4 is 5.73 Å². The summed E-state index contributed by atoms with van der Waals surface area (Å²) in [6.07, 6.45) is 1.43. The summed E-state index contributed by atoms with van der Waals surface area (Å²) >= 11 is 0. The molecule has 2 heterocycles. The van der Waals surface area contributed by atoms with Gasteiger partial charge < -0.3 is 15.3 Å². The molecular weight excluding hydrogens is 184 g/mol. The minimum atomic E-state index is -1.07. The second-order valence-corrected chi connectivity index (χ2v) is 2.93. The van der Waals surface area contributed by atoms with Crippen molar-refractivity contribution >= 4 is 22.8 Å². The molecule has 2 aromatic rings. The number of pyridine rings is 1. The van der Waals surface area contributed by atoms with Gasteiger partial charge in [-0.15, -0.1) is 0 Å². The number of nitrogens with zero attached hydrogens (tertiary/aromatic N) is 1. The van der Waals surface area contributed by atoms with E-state index in [1.54, 1.807) is 13.0 Å². The summed E-state index contributed by atoms with van der Waals surface area (Å²) in [5, 5.41) is 9.43. The van der Waals surface area contributed by atoms with E-state index in [0.717, 1.165) is 0 Å². The van der Waals surface area contributed by atoms with Gasteiger partial charge in [0.25, 0.3) is 0 Å². The Bertz CT molecular complexity index is 516. The lowest BCUT2D eigenvalue weighted by atomic mass is 10.1. The summed E-state index contributed by atoms with van der Waals surface area (Å²) in [6, 6.07) is 1.60. The molecule has 0 bridgehead atoms. The Labute approximate surface area is 79.2 Å². The molecule has 0 saturated heterocycles. The van der Waals surface area contributed by atoms with Gasteiger partial charge >= 0.3 is 5.97 Å². The molecule has 0 fully saturated rings. The van der Waals surface area contributed by atoms with E-state index >= 15 is 0 Å². The molecule has 72 valence electrons. The maximum Gasteiger partial charge on any atom is 0.339 e. The van der Waals surface area contributed by atoms with E-state index in [4.69, 9.17) is 15.3 Å². The van der Waals surface area contributed by atoms with Gasteiger partial charge in [0.2, 0.25) is 5.71 Å². The van der Waals surface area contributed by atoms with Crippen LogP contribution in [0.2, 0.25) is 0 Å². The van der Waals surface area contributed by atoms with E-state index in [1.165, 1.54) is 6.26 Å². The van der Waals surface area contributed by atoms with Crippen molar-refractivity contribution in [1.29, 1.82) is 0 Å². The second-order valence-electron chi connectivity index (χ2n) is 2.93. The van der Waals surface area contributed by atoms with Crippen LogP contribution in [0.1, 0.15) is 16.1 Å². The second kappa shape index (κ2) is 2.73. The molecule has 0 amide bonds. The predicted molar refractivity (Wildman–Crippen MR) is 50.1 cm³/mol. The van der Waals surface area contributed by atoms with Crippen molar-refractivity contribution in [3.8, 4) is 0 Å². The van der Waals surface area contributed by atoms with E-state index in [0.29, 0.717) is 16.8 Å². The van der Waals surface area contributed by atoms with Gasteiger partial charge in [-0.1, -0.05) is 0 Å². The molecule has 0 saturated carbocycles. The molecule has 0 unspecified atom stereocenters. The third-order valence-electron chi connectivity index (χ3n) is 2.05. The van der Waals surface area contributed by atoms with Gasteiger partial charge in [-0.25, -0.2) is 9.78 Å². The fourth-order valence-electron chi connectivity index (χ4n) is 1.40. The number of hydrogen-bond acceptors (Lipinski definition) is 4. The maximum absolute atomic E-state index is 10.9. The number of anilines is 1. The number of hydrogen-bond donors (Lipinski definition) is 2. The van der Waals surface area contributed by atoms with Gasteiger partial charge in [-0.05, 0) is 13.0 Å². The summed E-state index contributed by atoms with van der Waals surface area (Å²) < 4.78 is 5.03. The van der Waals surface area contributed by atoms with Crippen molar-refractivity contribution in [2.45, 2.75) is 6.92 Å². The number of carbonyl (C=O) groups is 1. The molecule has 14 heavy (non-hydrogen) atoms. The Morgan fingerprint density at radius 2 is 2.36 bits per heavy atom. The Kier molecular flexibility index (Phi) is 1.67. The van der Waals surface area contributed by atoms with Crippen LogP contribution in [-0.4, -0.2) is 16.1 Å². The van der Waals surface area contributed by atoms with Crippen molar-refractivity contribution < 1.29 is 14.3 Å². The van der Waals surface area contributed by atoms with Crippen LogP contribution in [0.15, 0.2) is 16.7 Å². The molecule has 2 rings (SSSR count). The first-order valence-corrected chi connectivity index (χ1v) is 3.98. The Balaban J connectivity index is 2.89. The van der Waals surface area contributed by atoms with E-state index in [-0.39, 0.29) is 11.3 Å². The van der Waals surface area contributed by atoms with E-state index in [9.17, 15) is 4.79 Å². The van der Waals surface area contributed by atoms with Gasteiger partial charge in [0.1, 0.15) is 5.56 Å². The number of aromatic nitrogens is 1. The van der Waals surface area contributed by atoms with Crippen molar-refractivity contribution in [2.75, 3.05) is 5.73 Å². The molecule has 0 aromatic carbocycles. The van der Waals surface area contributed by atoms with Crippen LogP contribution in [0.5, 0.6) is 0 Å². The van der Waals surface area contributed by atoms with Crippen molar-refractivity contribution in [3.63, 3.8) is 0 Å². The lowest BCUT2D eigenvalue weighted by Gasteiger charge is -2.03. The Morgan fingerprint density at radius 1 is 1.64 bits per heavy atom. The SMILES string of the molecule is Cc1nc2occc2c(N)c1C(=O)O. The van der Waals surface area contributed by atoms with E-state index in [2.05, 4.69) is 4.98 Å². The molecule has 0 aliphatic carbocycles. The van der Waals surface area contributed by atoms with Gasteiger partial charge in [-0.2, -0.15) is 0 Å². The summed E-state index contributed by atoms with van der Waals surface area (Å²) in [7, 11) is 0. The summed E-state index contributed by atoms with van der Waals surface area (Å²) in [6.45, 7) is 1.59. The molecule has 2 aromatic heterocycles. The molecule has 0 aliphatic heterocycles. The maximum atomic E-state index is 10.9. The quantitative estimate of drug-likeness (QED) is 0.713. The number of carboxylic acids is 1. The third-order valence-corrected chi connectivity index (χ3v) is 2.05. The van der Waals surface area contributed by atoms with Crippen LogP contribution in [0.4, 0.5) is 5.69 Å². The molecule has 0 aliphatic rings. The number of furan rings is 1. The zero-order valence-corrected chi connectivity index (χ0v) is 7.44. The van der Waals surface area contributed by atoms with Gasteiger partial charge in [0.15, 0.2) is 0 Å². The first kappa shape index (κ1) is 8.55. The van der Waals surface area contributed by atoms with Gasteiger partial charge in [-0.3, -0.25) is 0 Å². The lowest BCUT2D eigenvalue weighted by Crippen LogP contribution is -2.06. The normalized spacial score (nSPS) is 10.6. The van der Waals surface area contributed by atoms with Crippen LogP contribution in [-0.2, 0) is 0 Å². The van der Waals surface area contributed by atoms with Crippen LogP contribution in [0, 0.1) is 6.92 Å². The Morgan fingerprint density at radius 3 is 3.00 bits per heavy atom. The molecule has 3 N–H and O–H groups in total. The van der Waals surface area contributed by atoms with Crippen LogP contribution in [0.3, 0.4) is 0 Å². The number of nitrogens with two attached hydrogens (primary N) is 1. The summed E-state index contributed by atoms with van der Waals surface area (Å²) in [5.41, 5.74) is 6.65. The summed E-state index contributed by atoms with van der Waals surface area (Å²) in [5.74, 6) is -1.07. The lowest BCUT2D eigenvalue weighted by molar-refractivity contribution is 0.0697. The largest absolute Gasteiger partial charge is 0.478 e. The number of aryl methyl sites for hydroxylation is 1. The summed E-state index contributed by atoms with van der Waals surface area (Å²) in [4.78, 5) is 14.8. The van der Waals surface area contributed by atoms with Crippen LogP contribution >= 0.6 is 0 Å². The van der Waals surface area contributed by atoms with Gasteiger partial charge in [0, 0.05) is 0 Å². The number of rotatable bonds is 1. The Hall–Kier alpha value is -2.04. The molecule has 0 atom stereocenters. The average Bonchev–Trinajstić information content (AvgIpc) is 2.50. The molecule has 5 heteroatoms. The standard InChI is InChI=1S/C9H8N2O3/c1-4-6(9(12)13)7(10)5-2-3-14-8(5)11-4/h2-3H,1H3,(H2,10,11)(H,12,13). The average molecular weight is 192 g/mol. The van der Waals surface area contributed by atoms with Crippen LogP contribution in [0.25, 0.3) is 11.1 Å². The van der Waals surface area contributed by atoms with Crippen molar-refractivity contribution in [2.24, 2.45) is 0 Å². The minimum Gasteiger partial charge on any atom is -0.478 e. The molecule has 5 nitrogen and oxygen atoms in total. The molecular formula is C9H8N2O3. The van der Waals surface area contributed by atoms with E-state index in [1.807, 2.05) is 0 Å². The fourth-order valence-corrected chi connectivity index (χ4v) is 1.40. The highest BCUT2D eigenvalue weighted by Crippen LogP contribution is 2.26. The predicted octanol–water partition coefficient (Wildman–Crippen LogP) is 1.42. The van der Waals surface area contributed by atoms with E-state index < -0.39 is 5.97 Å². The number of nitrogen functional groups attached to an aromatic ring is 1. The minimum absolute atomic E-state index is 0.0406. The first-order valence-electron chi connectivity index (χ1n) is 3.98. The highest BCUT2D eigenvalue weighted by atomic mass is 16.4. The zero-order valence-electron chi connectivity index (χ0n) is 7.44. The van der Waals surface area contributed by atoms with Gasteiger partial charge in [0.05, 0.1) is 23.0 Å². The number of aromatic carboxylic acids is 1. The first-order chi connectivity index (χ1) is 6.61. The van der Waals surface area contributed by atoms with Crippen molar-refractivity contribution in [3.05, 3.63) is 23.6 Å².